The van der Waals surface area contributed by atoms with Crippen LogP contribution in [0.4, 0.5) is 8.78 Å². The second-order valence-corrected chi connectivity index (χ2v) is 7.46. The van der Waals surface area contributed by atoms with E-state index in [4.69, 9.17) is 9.47 Å². The van der Waals surface area contributed by atoms with Gasteiger partial charge < -0.3 is 19.1 Å². The van der Waals surface area contributed by atoms with Gasteiger partial charge in [-0.3, -0.25) is 4.98 Å². The van der Waals surface area contributed by atoms with Gasteiger partial charge in [0.1, 0.15) is 18.3 Å². The van der Waals surface area contributed by atoms with E-state index in [1.165, 1.54) is 17.4 Å². The first-order chi connectivity index (χ1) is 13.1. The first-order valence-electron chi connectivity index (χ1n) is 8.46. The predicted molar refractivity (Wildman–Crippen MR) is 93.2 cm³/mol. The van der Waals surface area contributed by atoms with Gasteiger partial charge in [0, 0.05) is 11.8 Å². The minimum absolute atomic E-state index is 0.184. The Bertz CT molecular complexity index is 978. The quantitative estimate of drug-likeness (QED) is 0.743. The zero-order valence-electron chi connectivity index (χ0n) is 14.0. The van der Waals surface area contributed by atoms with Gasteiger partial charge in [0.25, 0.3) is 0 Å². The predicted octanol–water partition coefficient (Wildman–Crippen LogP) is 2.65. The van der Waals surface area contributed by atoms with Crippen molar-refractivity contribution in [3.63, 3.8) is 0 Å². The molecule has 1 N–H and O–H groups in total. The first-order valence-corrected chi connectivity index (χ1v) is 9.34. The Kier molecular flexibility index (Phi) is 4.05. The molecule has 0 spiro atoms. The Balaban J connectivity index is 1.63. The first kappa shape index (κ1) is 16.9. The number of thiazole rings is 1. The number of hydrogen-bond donors (Lipinski definition) is 1. The summed E-state index contributed by atoms with van der Waals surface area (Å²) in [5, 5.41) is 10.00. The molecular formula is C18H15F2N3O3S. The summed E-state index contributed by atoms with van der Waals surface area (Å²) in [5.74, 6) is -1.83. The van der Waals surface area contributed by atoms with Crippen molar-refractivity contribution in [2.75, 3.05) is 13.2 Å². The molecule has 4 heterocycles. The summed E-state index contributed by atoms with van der Waals surface area (Å²) in [4.78, 5) is 9.44. The molecule has 140 valence electrons. The Morgan fingerprint density at radius 1 is 1.15 bits per heavy atom. The molecule has 0 aliphatic carbocycles. The van der Waals surface area contributed by atoms with Crippen molar-refractivity contribution < 1.29 is 23.4 Å². The standard InChI is InChI=1S/C18H15F2N3O3S/c19-10-2-1-9(3-11(10)20)15-16(14-4-21-8-27-14)23(7-22-15)12-5-25-18-13(24)6-26-17(12)18/h1-4,7-8,12-13,17-18,24H,5-6H2/t12-,13-,17-,18-/m1/s1. The molecule has 2 aliphatic rings. The van der Waals surface area contributed by atoms with Gasteiger partial charge in [-0.2, -0.15) is 0 Å². The molecule has 1 aromatic carbocycles. The molecule has 0 unspecified atom stereocenters. The molecule has 2 saturated heterocycles. The van der Waals surface area contributed by atoms with E-state index < -0.39 is 17.7 Å². The molecule has 0 amide bonds. The zero-order valence-corrected chi connectivity index (χ0v) is 14.8. The van der Waals surface area contributed by atoms with Crippen molar-refractivity contribution in [3.05, 3.63) is 47.9 Å². The van der Waals surface area contributed by atoms with Crippen LogP contribution in [0.15, 0.2) is 36.2 Å². The molecule has 3 aromatic rings. The van der Waals surface area contributed by atoms with Gasteiger partial charge in [0.05, 0.1) is 47.4 Å². The Hall–Kier alpha value is -2.20. The highest BCUT2D eigenvalue weighted by atomic mass is 32.1. The van der Waals surface area contributed by atoms with Crippen LogP contribution in [-0.4, -0.2) is 51.2 Å². The lowest BCUT2D eigenvalue weighted by Crippen LogP contribution is -2.30. The molecule has 6 nitrogen and oxygen atoms in total. The fourth-order valence-corrected chi connectivity index (χ4v) is 4.41. The fourth-order valence-electron chi connectivity index (χ4n) is 3.74. The van der Waals surface area contributed by atoms with Crippen LogP contribution in [0.2, 0.25) is 0 Å². The van der Waals surface area contributed by atoms with E-state index in [2.05, 4.69) is 9.97 Å². The maximum atomic E-state index is 13.8. The molecule has 0 radical (unpaired) electrons. The summed E-state index contributed by atoms with van der Waals surface area (Å²) < 4.78 is 40.5. The van der Waals surface area contributed by atoms with Crippen LogP contribution in [0, 0.1) is 11.6 Å². The molecule has 9 heteroatoms. The summed E-state index contributed by atoms with van der Waals surface area (Å²) in [5.41, 5.74) is 3.44. The van der Waals surface area contributed by atoms with E-state index >= 15 is 0 Å². The second kappa shape index (κ2) is 6.45. The molecule has 0 saturated carbocycles. The number of aliphatic hydroxyl groups excluding tert-OH is 1. The Morgan fingerprint density at radius 2 is 2.00 bits per heavy atom. The summed E-state index contributed by atoms with van der Waals surface area (Å²) in [6.07, 6.45) is 2.04. The third-order valence-corrected chi connectivity index (χ3v) is 5.79. The number of nitrogens with zero attached hydrogens (tertiary/aromatic N) is 3. The lowest BCUT2D eigenvalue weighted by Gasteiger charge is -2.20. The van der Waals surface area contributed by atoms with Crippen molar-refractivity contribution in [2.24, 2.45) is 0 Å². The summed E-state index contributed by atoms with van der Waals surface area (Å²) >= 11 is 1.42. The van der Waals surface area contributed by atoms with Gasteiger partial charge in [-0.15, -0.1) is 11.3 Å². The van der Waals surface area contributed by atoms with E-state index in [1.807, 2.05) is 4.57 Å². The monoisotopic (exact) mass is 391 g/mol. The summed E-state index contributed by atoms with van der Waals surface area (Å²) in [7, 11) is 0. The van der Waals surface area contributed by atoms with E-state index in [0.29, 0.717) is 17.9 Å². The fraction of sp³-hybridized carbons (Fsp3) is 0.333. The molecule has 2 fully saturated rings. The topological polar surface area (TPSA) is 69.4 Å². The maximum Gasteiger partial charge on any atom is 0.159 e. The highest BCUT2D eigenvalue weighted by molar-refractivity contribution is 7.13. The van der Waals surface area contributed by atoms with Crippen molar-refractivity contribution in [1.29, 1.82) is 0 Å². The molecule has 4 atom stereocenters. The lowest BCUT2D eigenvalue weighted by atomic mass is 10.1. The van der Waals surface area contributed by atoms with Crippen molar-refractivity contribution >= 4 is 11.3 Å². The van der Waals surface area contributed by atoms with Gasteiger partial charge >= 0.3 is 0 Å². The zero-order chi connectivity index (χ0) is 18.5. The van der Waals surface area contributed by atoms with E-state index in [1.54, 1.807) is 18.0 Å². The van der Waals surface area contributed by atoms with E-state index in [-0.39, 0.29) is 24.9 Å². The van der Waals surface area contributed by atoms with Crippen LogP contribution in [0.5, 0.6) is 0 Å². The van der Waals surface area contributed by atoms with Crippen LogP contribution in [-0.2, 0) is 9.47 Å². The third kappa shape index (κ3) is 2.69. The molecule has 27 heavy (non-hydrogen) atoms. The molecule has 5 rings (SSSR count). The number of hydrogen-bond acceptors (Lipinski definition) is 6. The van der Waals surface area contributed by atoms with Gasteiger partial charge in [0.2, 0.25) is 0 Å². The minimum atomic E-state index is -0.927. The van der Waals surface area contributed by atoms with Crippen LogP contribution >= 0.6 is 11.3 Å². The second-order valence-electron chi connectivity index (χ2n) is 6.57. The minimum Gasteiger partial charge on any atom is -0.388 e. The number of fused-ring (bicyclic) bond motifs is 1. The average Bonchev–Trinajstić information content (AvgIpc) is 3.41. The van der Waals surface area contributed by atoms with Gasteiger partial charge in [0.15, 0.2) is 11.6 Å². The largest absolute Gasteiger partial charge is 0.388 e. The SMILES string of the molecule is O[C@@H]1CO[C@H]2[C@@H]1OC[C@H]2n1cnc(-c2ccc(F)c(F)c2)c1-c1cncs1. The van der Waals surface area contributed by atoms with E-state index in [0.717, 1.165) is 22.7 Å². The van der Waals surface area contributed by atoms with Crippen LogP contribution < -0.4 is 0 Å². The highest BCUT2D eigenvalue weighted by Crippen LogP contribution is 2.40. The molecule has 2 aliphatic heterocycles. The van der Waals surface area contributed by atoms with Gasteiger partial charge in [-0.1, -0.05) is 0 Å². The number of imidazole rings is 1. The molecule has 2 aromatic heterocycles. The molecule has 0 bridgehead atoms. The van der Waals surface area contributed by atoms with Crippen molar-refractivity contribution in [1.82, 2.24) is 14.5 Å². The van der Waals surface area contributed by atoms with E-state index in [9.17, 15) is 13.9 Å². The number of benzene rings is 1. The van der Waals surface area contributed by atoms with Crippen molar-refractivity contribution in [3.8, 4) is 21.8 Å². The van der Waals surface area contributed by atoms with Crippen LogP contribution in [0.1, 0.15) is 6.04 Å². The Labute approximate surface area is 157 Å². The Morgan fingerprint density at radius 3 is 2.78 bits per heavy atom. The van der Waals surface area contributed by atoms with Gasteiger partial charge in [-0.25, -0.2) is 13.8 Å². The van der Waals surface area contributed by atoms with Crippen LogP contribution in [0.3, 0.4) is 0 Å². The van der Waals surface area contributed by atoms with Crippen LogP contribution in [0.25, 0.3) is 21.8 Å². The number of halogens is 2. The number of aliphatic hydroxyl groups is 1. The average molecular weight is 391 g/mol. The number of aromatic nitrogens is 3. The number of rotatable bonds is 3. The summed E-state index contributed by atoms with van der Waals surface area (Å²) in [6.45, 7) is 0.595. The molecular weight excluding hydrogens is 376 g/mol. The maximum absolute atomic E-state index is 13.8. The highest BCUT2D eigenvalue weighted by Gasteiger charge is 2.48. The number of ether oxygens (including phenoxy) is 2. The lowest BCUT2D eigenvalue weighted by molar-refractivity contribution is 0.0172. The van der Waals surface area contributed by atoms with Crippen molar-refractivity contribution in [2.45, 2.75) is 24.4 Å². The third-order valence-electron chi connectivity index (χ3n) is 5.01. The normalized spacial score (nSPS) is 27.2. The van der Waals surface area contributed by atoms with Gasteiger partial charge in [-0.05, 0) is 18.2 Å². The smallest absolute Gasteiger partial charge is 0.159 e. The summed E-state index contributed by atoms with van der Waals surface area (Å²) in [6, 6.07) is 3.54.